The molecular formula is C12H24N2O. The van der Waals surface area contributed by atoms with Crippen molar-refractivity contribution in [3.05, 3.63) is 0 Å². The summed E-state index contributed by atoms with van der Waals surface area (Å²) in [5.74, 6) is 0.814. The first-order chi connectivity index (χ1) is 7.31. The lowest BCUT2D eigenvalue weighted by Gasteiger charge is -2.37. The summed E-state index contributed by atoms with van der Waals surface area (Å²) in [6.07, 6.45) is 2.96. The zero-order chi connectivity index (χ0) is 10.7. The minimum absolute atomic E-state index is 0.524. The maximum Gasteiger partial charge on any atom is 0.0599 e. The van der Waals surface area contributed by atoms with E-state index in [0.717, 1.165) is 18.6 Å². The molecule has 0 spiro atoms. The van der Waals surface area contributed by atoms with Crippen molar-refractivity contribution in [2.75, 3.05) is 32.8 Å². The molecule has 15 heavy (non-hydrogen) atoms. The van der Waals surface area contributed by atoms with Crippen molar-refractivity contribution in [1.82, 2.24) is 10.2 Å². The first-order valence-corrected chi connectivity index (χ1v) is 6.37. The van der Waals surface area contributed by atoms with E-state index in [4.69, 9.17) is 4.74 Å². The summed E-state index contributed by atoms with van der Waals surface area (Å²) < 4.78 is 5.68. The van der Waals surface area contributed by atoms with Crippen molar-refractivity contribution in [3.8, 4) is 0 Å². The molecule has 2 heterocycles. The van der Waals surface area contributed by atoms with Gasteiger partial charge in [0.05, 0.1) is 6.10 Å². The van der Waals surface area contributed by atoms with Crippen molar-refractivity contribution in [2.45, 2.75) is 38.8 Å². The smallest absolute Gasteiger partial charge is 0.0599 e. The van der Waals surface area contributed by atoms with Crippen LogP contribution in [0.3, 0.4) is 0 Å². The molecule has 3 nitrogen and oxygen atoms in total. The molecule has 0 saturated carbocycles. The average Bonchev–Trinajstić information content (AvgIpc) is 2.66. The Morgan fingerprint density at radius 1 is 1.27 bits per heavy atom. The third-order valence-electron chi connectivity index (χ3n) is 3.82. The molecule has 0 amide bonds. The number of likely N-dealkylation sites (tertiary alicyclic amines) is 1. The fourth-order valence-corrected chi connectivity index (χ4v) is 2.89. The summed E-state index contributed by atoms with van der Waals surface area (Å²) >= 11 is 0. The van der Waals surface area contributed by atoms with E-state index in [0.29, 0.717) is 6.10 Å². The molecule has 0 aromatic carbocycles. The van der Waals surface area contributed by atoms with Gasteiger partial charge in [-0.2, -0.15) is 0 Å². The van der Waals surface area contributed by atoms with Gasteiger partial charge in [0.25, 0.3) is 0 Å². The van der Waals surface area contributed by atoms with Gasteiger partial charge in [0.15, 0.2) is 0 Å². The number of rotatable bonds is 3. The van der Waals surface area contributed by atoms with E-state index in [9.17, 15) is 0 Å². The van der Waals surface area contributed by atoms with Crippen molar-refractivity contribution in [3.63, 3.8) is 0 Å². The quantitative estimate of drug-likeness (QED) is 0.758. The molecule has 2 saturated heterocycles. The van der Waals surface area contributed by atoms with Crippen molar-refractivity contribution in [1.29, 1.82) is 0 Å². The monoisotopic (exact) mass is 212 g/mol. The van der Waals surface area contributed by atoms with E-state index < -0.39 is 0 Å². The third-order valence-corrected chi connectivity index (χ3v) is 3.82. The molecule has 2 aliphatic heterocycles. The molecular weight excluding hydrogens is 188 g/mol. The zero-order valence-corrected chi connectivity index (χ0v) is 10.0. The predicted molar refractivity (Wildman–Crippen MR) is 62.0 cm³/mol. The second-order valence-corrected chi connectivity index (χ2v) is 4.89. The van der Waals surface area contributed by atoms with Crippen LogP contribution in [0.5, 0.6) is 0 Å². The molecule has 2 atom stereocenters. The summed E-state index contributed by atoms with van der Waals surface area (Å²) in [6, 6.07) is 0.771. The lowest BCUT2D eigenvalue weighted by atomic mass is 10.00. The number of nitrogens with zero attached hydrogens (tertiary/aromatic N) is 1. The van der Waals surface area contributed by atoms with Gasteiger partial charge in [0, 0.05) is 32.3 Å². The fourth-order valence-electron chi connectivity index (χ4n) is 2.89. The molecule has 0 aliphatic carbocycles. The standard InChI is InChI=1S/C12H24N2O/c1-3-15-11-4-6-14(7-5-11)12-9-13-8-10(12)2/h10-13H,3-9H2,1-2H3. The van der Waals surface area contributed by atoms with Crippen LogP contribution in [0.4, 0.5) is 0 Å². The van der Waals surface area contributed by atoms with E-state index in [1.807, 2.05) is 0 Å². The van der Waals surface area contributed by atoms with Gasteiger partial charge >= 0.3 is 0 Å². The lowest BCUT2D eigenvalue weighted by molar-refractivity contribution is 0.00213. The van der Waals surface area contributed by atoms with Crippen LogP contribution in [-0.4, -0.2) is 49.8 Å². The largest absolute Gasteiger partial charge is 0.378 e. The number of hydrogen-bond acceptors (Lipinski definition) is 3. The summed E-state index contributed by atoms with van der Waals surface area (Å²) in [4.78, 5) is 2.65. The predicted octanol–water partition coefficient (Wildman–Crippen LogP) is 1.10. The van der Waals surface area contributed by atoms with Gasteiger partial charge in [-0.15, -0.1) is 0 Å². The molecule has 88 valence electrons. The SMILES string of the molecule is CCOC1CCN(C2CNCC2C)CC1. The second kappa shape index (κ2) is 5.28. The lowest BCUT2D eigenvalue weighted by Crippen LogP contribution is -2.46. The van der Waals surface area contributed by atoms with Crippen LogP contribution in [-0.2, 0) is 4.74 Å². The third kappa shape index (κ3) is 2.71. The van der Waals surface area contributed by atoms with Crippen molar-refractivity contribution in [2.24, 2.45) is 5.92 Å². The maximum absolute atomic E-state index is 5.68. The maximum atomic E-state index is 5.68. The number of hydrogen-bond donors (Lipinski definition) is 1. The minimum Gasteiger partial charge on any atom is -0.378 e. The van der Waals surface area contributed by atoms with E-state index in [1.54, 1.807) is 0 Å². The van der Waals surface area contributed by atoms with Crippen LogP contribution < -0.4 is 5.32 Å². The molecule has 0 aromatic rings. The topological polar surface area (TPSA) is 24.5 Å². The molecule has 2 rings (SSSR count). The van der Waals surface area contributed by atoms with Gasteiger partial charge in [-0.25, -0.2) is 0 Å². The zero-order valence-electron chi connectivity index (χ0n) is 10.0. The van der Waals surface area contributed by atoms with Crippen molar-refractivity contribution < 1.29 is 4.74 Å². The van der Waals surface area contributed by atoms with E-state index in [-0.39, 0.29) is 0 Å². The molecule has 0 bridgehead atoms. The average molecular weight is 212 g/mol. The van der Waals surface area contributed by atoms with Gasteiger partial charge in [-0.05, 0) is 32.2 Å². The van der Waals surface area contributed by atoms with Crippen LogP contribution in [0.1, 0.15) is 26.7 Å². The summed E-state index contributed by atoms with van der Waals surface area (Å²) in [5, 5.41) is 3.48. The van der Waals surface area contributed by atoms with Crippen LogP contribution in [0.15, 0.2) is 0 Å². The van der Waals surface area contributed by atoms with Crippen LogP contribution >= 0.6 is 0 Å². The highest BCUT2D eigenvalue weighted by atomic mass is 16.5. The Morgan fingerprint density at radius 2 is 2.00 bits per heavy atom. The minimum atomic E-state index is 0.524. The first-order valence-electron chi connectivity index (χ1n) is 6.37. The second-order valence-electron chi connectivity index (χ2n) is 4.89. The molecule has 0 radical (unpaired) electrons. The fraction of sp³-hybridized carbons (Fsp3) is 1.00. The highest BCUT2D eigenvalue weighted by Gasteiger charge is 2.31. The number of ether oxygens (including phenoxy) is 1. The van der Waals surface area contributed by atoms with Crippen LogP contribution in [0.25, 0.3) is 0 Å². The Balaban J connectivity index is 1.77. The molecule has 2 aliphatic rings. The van der Waals surface area contributed by atoms with E-state index in [2.05, 4.69) is 24.1 Å². The first kappa shape index (κ1) is 11.4. The molecule has 3 heteroatoms. The summed E-state index contributed by atoms with van der Waals surface area (Å²) in [6.45, 7) is 10.1. The van der Waals surface area contributed by atoms with E-state index in [1.165, 1.54) is 39.0 Å². The van der Waals surface area contributed by atoms with Gasteiger partial charge < -0.3 is 10.1 Å². The molecule has 0 aromatic heterocycles. The Kier molecular flexibility index (Phi) is 4.00. The highest BCUT2D eigenvalue weighted by Crippen LogP contribution is 2.21. The number of nitrogens with one attached hydrogen (secondary N) is 1. The summed E-state index contributed by atoms with van der Waals surface area (Å²) in [5.41, 5.74) is 0. The van der Waals surface area contributed by atoms with Gasteiger partial charge in [0.2, 0.25) is 0 Å². The Morgan fingerprint density at radius 3 is 2.53 bits per heavy atom. The molecule has 2 unspecified atom stereocenters. The van der Waals surface area contributed by atoms with E-state index >= 15 is 0 Å². The normalized spacial score (nSPS) is 34.8. The van der Waals surface area contributed by atoms with Gasteiger partial charge in [0.1, 0.15) is 0 Å². The number of piperidine rings is 1. The van der Waals surface area contributed by atoms with Gasteiger partial charge in [-0.3, -0.25) is 4.90 Å². The Labute approximate surface area is 93.2 Å². The van der Waals surface area contributed by atoms with Gasteiger partial charge in [-0.1, -0.05) is 6.92 Å². The molecule has 1 N–H and O–H groups in total. The summed E-state index contributed by atoms with van der Waals surface area (Å²) in [7, 11) is 0. The van der Waals surface area contributed by atoms with Crippen molar-refractivity contribution >= 4 is 0 Å². The Hall–Kier alpha value is -0.120. The highest BCUT2D eigenvalue weighted by molar-refractivity contribution is 4.88. The molecule has 2 fully saturated rings. The van der Waals surface area contributed by atoms with Crippen LogP contribution in [0.2, 0.25) is 0 Å². The Bertz CT molecular complexity index is 190. The van der Waals surface area contributed by atoms with Crippen LogP contribution in [0, 0.1) is 5.92 Å².